The first-order valence-corrected chi connectivity index (χ1v) is 15.8. The molecule has 7 nitrogen and oxygen atoms in total. The SMILES string of the molecule is Cc1ccc(C(O)=C2C(=O)C(=O)N(c3ncc(S(=O)(=O)c4ccccc4)s3)C2c2cccc(Cl)c2)c(-c2ccccc2)c1. The molecule has 1 aliphatic rings. The summed E-state index contributed by atoms with van der Waals surface area (Å²) in [4.78, 5) is 32.9. The number of ketones is 1. The van der Waals surface area contributed by atoms with E-state index in [-0.39, 0.29) is 25.6 Å². The van der Waals surface area contributed by atoms with Gasteiger partial charge in [-0.05, 0) is 47.9 Å². The fourth-order valence-electron chi connectivity index (χ4n) is 5.09. The fourth-order valence-corrected chi connectivity index (χ4v) is 7.86. The lowest BCUT2D eigenvalue weighted by molar-refractivity contribution is -0.132. The van der Waals surface area contributed by atoms with Crippen molar-refractivity contribution in [2.45, 2.75) is 22.1 Å². The number of amides is 1. The quantitative estimate of drug-likeness (QED) is 0.121. The van der Waals surface area contributed by atoms with Gasteiger partial charge >= 0.3 is 5.91 Å². The second-order valence-electron chi connectivity index (χ2n) is 9.92. The minimum Gasteiger partial charge on any atom is -0.507 e. The van der Waals surface area contributed by atoms with E-state index in [4.69, 9.17) is 11.6 Å². The Morgan fingerprint density at radius 1 is 0.907 bits per heavy atom. The molecule has 1 N–H and O–H groups in total. The maximum Gasteiger partial charge on any atom is 0.301 e. The Balaban J connectivity index is 1.54. The van der Waals surface area contributed by atoms with Crippen molar-refractivity contribution in [1.29, 1.82) is 0 Å². The number of benzene rings is 4. The van der Waals surface area contributed by atoms with Crippen molar-refractivity contribution in [2.24, 2.45) is 0 Å². The highest BCUT2D eigenvalue weighted by atomic mass is 35.5. The van der Waals surface area contributed by atoms with Gasteiger partial charge in [0.25, 0.3) is 5.78 Å². The molecule has 1 aliphatic heterocycles. The molecule has 6 rings (SSSR count). The van der Waals surface area contributed by atoms with E-state index >= 15 is 0 Å². The van der Waals surface area contributed by atoms with Crippen molar-refractivity contribution in [3.05, 3.63) is 137 Å². The van der Waals surface area contributed by atoms with Gasteiger partial charge in [0.05, 0.1) is 22.7 Å². The Hall–Kier alpha value is -4.57. The first-order valence-electron chi connectivity index (χ1n) is 13.2. The van der Waals surface area contributed by atoms with E-state index < -0.39 is 27.6 Å². The lowest BCUT2D eigenvalue weighted by Crippen LogP contribution is -2.29. The molecule has 214 valence electrons. The molecule has 0 spiro atoms. The molecule has 0 radical (unpaired) electrons. The number of halogens is 1. The summed E-state index contributed by atoms with van der Waals surface area (Å²) < 4.78 is 26.5. The van der Waals surface area contributed by atoms with Gasteiger partial charge in [0.2, 0.25) is 9.84 Å². The van der Waals surface area contributed by atoms with E-state index in [2.05, 4.69) is 4.98 Å². The highest BCUT2D eigenvalue weighted by Crippen LogP contribution is 2.45. The van der Waals surface area contributed by atoms with E-state index in [1.54, 1.807) is 48.5 Å². The lowest BCUT2D eigenvalue weighted by atomic mass is 9.91. The predicted octanol–water partition coefficient (Wildman–Crippen LogP) is 7.23. The smallest absolute Gasteiger partial charge is 0.301 e. The summed E-state index contributed by atoms with van der Waals surface area (Å²) in [5.74, 6) is -2.24. The minimum atomic E-state index is -3.93. The molecule has 0 saturated carbocycles. The number of sulfone groups is 1. The number of anilines is 1. The molecule has 2 heterocycles. The Morgan fingerprint density at radius 3 is 2.30 bits per heavy atom. The van der Waals surface area contributed by atoms with E-state index in [0.717, 1.165) is 27.4 Å². The molecule has 4 aromatic carbocycles. The Labute approximate surface area is 257 Å². The summed E-state index contributed by atoms with van der Waals surface area (Å²) >= 11 is 7.10. The van der Waals surface area contributed by atoms with Crippen LogP contribution >= 0.6 is 22.9 Å². The van der Waals surface area contributed by atoms with E-state index in [1.807, 2.05) is 49.4 Å². The number of nitrogens with zero attached hydrogens (tertiary/aromatic N) is 2. The first-order chi connectivity index (χ1) is 20.7. The maximum absolute atomic E-state index is 13.7. The number of carbonyl (C=O) groups excluding carboxylic acids is 2. The average Bonchev–Trinajstić information content (AvgIpc) is 3.61. The number of thiazole rings is 1. The van der Waals surface area contributed by atoms with E-state index in [0.29, 0.717) is 21.7 Å². The van der Waals surface area contributed by atoms with Crippen molar-refractivity contribution in [1.82, 2.24) is 4.98 Å². The monoisotopic (exact) mass is 626 g/mol. The van der Waals surface area contributed by atoms with Crippen molar-refractivity contribution < 1.29 is 23.1 Å². The number of hydrogen-bond donors (Lipinski definition) is 1. The molecular formula is C33H23ClN2O5S2. The topological polar surface area (TPSA) is 105 Å². The van der Waals surface area contributed by atoms with Crippen LogP contribution in [0.4, 0.5) is 5.13 Å². The normalized spacial score (nSPS) is 16.5. The molecule has 0 bridgehead atoms. The van der Waals surface area contributed by atoms with Gasteiger partial charge < -0.3 is 5.11 Å². The van der Waals surface area contributed by atoms with Crippen molar-refractivity contribution in [3.8, 4) is 11.1 Å². The van der Waals surface area contributed by atoms with Gasteiger partial charge in [0.15, 0.2) is 5.13 Å². The minimum absolute atomic E-state index is 0.00665. The summed E-state index contributed by atoms with van der Waals surface area (Å²) in [7, 11) is -3.93. The van der Waals surface area contributed by atoms with Gasteiger partial charge in [-0.1, -0.05) is 107 Å². The molecule has 10 heteroatoms. The van der Waals surface area contributed by atoms with Crippen LogP contribution < -0.4 is 4.90 Å². The molecule has 1 saturated heterocycles. The number of aliphatic hydroxyl groups is 1. The number of rotatable bonds is 6. The molecule has 1 amide bonds. The Kier molecular flexibility index (Phi) is 7.47. The predicted molar refractivity (Wildman–Crippen MR) is 167 cm³/mol. The van der Waals surface area contributed by atoms with Crippen molar-refractivity contribution in [2.75, 3.05) is 4.90 Å². The van der Waals surface area contributed by atoms with Crippen LogP contribution in [0.15, 0.2) is 124 Å². The first kappa shape index (κ1) is 28.5. The summed E-state index contributed by atoms with van der Waals surface area (Å²) in [5.41, 5.74) is 3.10. The molecular weight excluding hydrogens is 604 g/mol. The number of Topliss-reactive ketones (excluding diaryl/α,β-unsaturated/α-hetero) is 1. The Bertz CT molecular complexity index is 2020. The number of aryl methyl sites for hydroxylation is 1. The van der Waals surface area contributed by atoms with Crippen LogP contribution in [0.5, 0.6) is 0 Å². The molecule has 1 aromatic heterocycles. The third-order valence-corrected chi connectivity index (χ3v) is 10.6. The maximum atomic E-state index is 13.7. The lowest BCUT2D eigenvalue weighted by Gasteiger charge is -2.23. The number of aliphatic hydroxyl groups excluding tert-OH is 1. The summed E-state index contributed by atoms with van der Waals surface area (Å²) in [6.45, 7) is 1.92. The zero-order valence-electron chi connectivity index (χ0n) is 22.6. The van der Waals surface area contributed by atoms with E-state index in [1.165, 1.54) is 18.3 Å². The molecule has 43 heavy (non-hydrogen) atoms. The van der Waals surface area contributed by atoms with Gasteiger partial charge in [-0.3, -0.25) is 14.5 Å². The van der Waals surface area contributed by atoms with Gasteiger partial charge in [-0.25, -0.2) is 13.4 Å². The summed E-state index contributed by atoms with van der Waals surface area (Å²) in [6.07, 6.45) is 1.17. The van der Waals surface area contributed by atoms with Crippen LogP contribution in [0, 0.1) is 6.92 Å². The second-order valence-corrected chi connectivity index (χ2v) is 13.5. The van der Waals surface area contributed by atoms with Crippen LogP contribution in [0.3, 0.4) is 0 Å². The van der Waals surface area contributed by atoms with Gasteiger partial charge in [-0.15, -0.1) is 0 Å². The van der Waals surface area contributed by atoms with Crippen LogP contribution in [0.2, 0.25) is 5.02 Å². The summed E-state index contributed by atoms with van der Waals surface area (Å²) in [6, 6.07) is 28.2. The van der Waals surface area contributed by atoms with E-state index in [9.17, 15) is 23.1 Å². The number of hydrogen-bond acceptors (Lipinski definition) is 7. The third-order valence-electron chi connectivity index (χ3n) is 7.12. The van der Waals surface area contributed by atoms with Crippen LogP contribution in [0.25, 0.3) is 16.9 Å². The molecule has 1 atom stereocenters. The highest BCUT2D eigenvalue weighted by molar-refractivity contribution is 7.93. The van der Waals surface area contributed by atoms with Crippen molar-refractivity contribution >= 4 is 55.4 Å². The zero-order valence-corrected chi connectivity index (χ0v) is 25.0. The van der Waals surface area contributed by atoms with Crippen LogP contribution in [-0.2, 0) is 19.4 Å². The standard InChI is InChI=1S/C33H23ClN2O5S2/c1-20-15-16-25(26(17-20)21-9-4-2-5-10-21)30(37)28-29(22-11-8-12-23(34)18-22)36(32(39)31(28)38)33-35-19-27(42-33)43(40,41)24-13-6-3-7-14-24/h2-19,29,37H,1H3. The van der Waals surface area contributed by atoms with Gasteiger partial charge in [0, 0.05) is 10.6 Å². The molecule has 1 unspecified atom stereocenters. The van der Waals surface area contributed by atoms with Crippen molar-refractivity contribution in [3.63, 3.8) is 0 Å². The number of carbonyl (C=O) groups is 2. The Morgan fingerprint density at radius 2 is 1.60 bits per heavy atom. The fraction of sp³-hybridized carbons (Fsp3) is 0.0606. The van der Waals surface area contributed by atoms with Gasteiger partial charge in [-0.2, -0.15) is 0 Å². The van der Waals surface area contributed by atoms with Crippen LogP contribution in [-0.4, -0.2) is 30.2 Å². The van der Waals surface area contributed by atoms with Crippen LogP contribution in [0.1, 0.15) is 22.7 Å². The zero-order chi connectivity index (χ0) is 30.3. The van der Waals surface area contributed by atoms with Gasteiger partial charge in [0.1, 0.15) is 9.97 Å². The molecule has 0 aliphatic carbocycles. The third kappa shape index (κ3) is 5.16. The average molecular weight is 627 g/mol. The second kappa shape index (κ2) is 11.3. The summed E-state index contributed by atoms with van der Waals surface area (Å²) in [5, 5.41) is 12.2. The molecule has 5 aromatic rings. The molecule has 1 fully saturated rings. The highest BCUT2D eigenvalue weighted by Gasteiger charge is 2.48. The largest absolute Gasteiger partial charge is 0.507 e. The number of aromatic nitrogens is 1.